The minimum Gasteiger partial charge on any atom is -0.325 e. The molecule has 2 aromatic carbocycles. The topological polar surface area (TPSA) is 29.1 Å². The summed E-state index contributed by atoms with van der Waals surface area (Å²) >= 11 is 0. The van der Waals surface area contributed by atoms with Crippen LogP contribution in [0.4, 0.5) is 5.69 Å². The van der Waals surface area contributed by atoms with Gasteiger partial charge in [-0.05, 0) is 43.0 Å². The van der Waals surface area contributed by atoms with E-state index in [4.69, 9.17) is 0 Å². The average molecular weight is 281 g/mol. The van der Waals surface area contributed by atoms with E-state index in [1.807, 2.05) is 58.0 Å². The zero-order valence-corrected chi connectivity index (χ0v) is 13.2. The van der Waals surface area contributed by atoms with Crippen molar-refractivity contribution in [3.63, 3.8) is 0 Å². The van der Waals surface area contributed by atoms with Gasteiger partial charge in [-0.3, -0.25) is 4.79 Å². The molecule has 0 saturated carbocycles. The summed E-state index contributed by atoms with van der Waals surface area (Å²) in [6.07, 6.45) is 0.727. The molecular formula is C19H23NO. The van der Waals surface area contributed by atoms with Crippen LogP contribution < -0.4 is 5.32 Å². The molecule has 0 radical (unpaired) electrons. The lowest BCUT2D eigenvalue weighted by molar-refractivity contribution is -0.123. The number of aryl methyl sites for hydroxylation is 2. The van der Waals surface area contributed by atoms with Crippen molar-refractivity contribution in [2.24, 2.45) is 5.41 Å². The Bertz CT molecular complexity index is 629. The summed E-state index contributed by atoms with van der Waals surface area (Å²) in [5.41, 5.74) is 3.87. The fourth-order valence-corrected chi connectivity index (χ4v) is 2.35. The van der Waals surface area contributed by atoms with Crippen molar-refractivity contribution in [2.45, 2.75) is 34.1 Å². The molecule has 2 heteroatoms. The molecule has 0 unspecified atom stereocenters. The van der Waals surface area contributed by atoms with Crippen LogP contribution in [0.15, 0.2) is 48.5 Å². The number of anilines is 1. The summed E-state index contributed by atoms with van der Waals surface area (Å²) in [4.78, 5) is 12.6. The van der Waals surface area contributed by atoms with E-state index in [1.54, 1.807) is 0 Å². The molecule has 0 atom stereocenters. The largest absolute Gasteiger partial charge is 0.325 e. The third kappa shape index (κ3) is 3.94. The average Bonchev–Trinajstić information content (AvgIpc) is 2.43. The van der Waals surface area contributed by atoms with Gasteiger partial charge in [-0.1, -0.05) is 56.3 Å². The van der Waals surface area contributed by atoms with Crippen molar-refractivity contribution in [3.8, 4) is 0 Å². The van der Waals surface area contributed by atoms with Crippen LogP contribution in [0.1, 0.15) is 30.5 Å². The maximum atomic E-state index is 12.6. The van der Waals surface area contributed by atoms with Crippen LogP contribution in [0.3, 0.4) is 0 Å². The van der Waals surface area contributed by atoms with Gasteiger partial charge in [-0.25, -0.2) is 0 Å². The number of hydrogen-bond acceptors (Lipinski definition) is 1. The van der Waals surface area contributed by atoms with Crippen LogP contribution in [0.5, 0.6) is 0 Å². The number of rotatable bonds is 4. The van der Waals surface area contributed by atoms with Crippen LogP contribution in [-0.2, 0) is 11.2 Å². The summed E-state index contributed by atoms with van der Waals surface area (Å²) in [7, 11) is 0. The zero-order valence-electron chi connectivity index (χ0n) is 13.2. The molecule has 0 aliphatic rings. The van der Waals surface area contributed by atoms with E-state index in [0.29, 0.717) is 0 Å². The predicted octanol–water partition coefficient (Wildman–Crippen LogP) is 4.51. The van der Waals surface area contributed by atoms with Gasteiger partial charge in [0.2, 0.25) is 5.91 Å². The third-order valence-corrected chi connectivity index (χ3v) is 3.74. The Kier molecular flexibility index (Phi) is 4.46. The molecule has 1 N–H and O–H groups in total. The SMILES string of the molecule is Cc1ccc(C)c(NC(=O)C(C)(C)Cc2ccccc2)c1. The van der Waals surface area contributed by atoms with Crippen molar-refractivity contribution < 1.29 is 4.79 Å². The minimum absolute atomic E-state index is 0.0556. The molecule has 0 heterocycles. The lowest BCUT2D eigenvalue weighted by Crippen LogP contribution is -2.33. The Labute approximate surface area is 127 Å². The summed E-state index contributed by atoms with van der Waals surface area (Å²) in [5.74, 6) is 0.0556. The van der Waals surface area contributed by atoms with Crippen molar-refractivity contribution in [1.82, 2.24) is 0 Å². The number of benzene rings is 2. The molecule has 0 bridgehead atoms. The number of carbonyl (C=O) groups is 1. The molecule has 0 fully saturated rings. The Morgan fingerprint density at radius 3 is 2.38 bits per heavy atom. The molecule has 0 aliphatic heterocycles. The molecule has 21 heavy (non-hydrogen) atoms. The van der Waals surface area contributed by atoms with Crippen LogP contribution in [0, 0.1) is 19.3 Å². The van der Waals surface area contributed by atoms with Crippen LogP contribution >= 0.6 is 0 Å². The summed E-state index contributed by atoms with van der Waals surface area (Å²) in [6, 6.07) is 16.2. The van der Waals surface area contributed by atoms with E-state index < -0.39 is 5.41 Å². The van der Waals surface area contributed by atoms with E-state index in [0.717, 1.165) is 23.2 Å². The first-order chi connectivity index (χ1) is 9.88. The van der Waals surface area contributed by atoms with Gasteiger partial charge in [0, 0.05) is 11.1 Å². The summed E-state index contributed by atoms with van der Waals surface area (Å²) in [5, 5.41) is 3.07. The monoisotopic (exact) mass is 281 g/mol. The Morgan fingerprint density at radius 1 is 1.05 bits per heavy atom. The molecule has 110 valence electrons. The van der Waals surface area contributed by atoms with Crippen LogP contribution in [0.25, 0.3) is 0 Å². The minimum atomic E-state index is -0.447. The molecule has 1 amide bonds. The van der Waals surface area contributed by atoms with Gasteiger partial charge in [0.05, 0.1) is 0 Å². The molecule has 0 aromatic heterocycles. The van der Waals surface area contributed by atoms with Crippen molar-refractivity contribution in [3.05, 3.63) is 65.2 Å². The highest BCUT2D eigenvalue weighted by Gasteiger charge is 2.28. The quantitative estimate of drug-likeness (QED) is 0.877. The molecule has 0 aliphatic carbocycles. The fourth-order valence-electron chi connectivity index (χ4n) is 2.35. The Morgan fingerprint density at radius 2 is 1.71 bits per heavy atom. The highest BCUT2D eigenvalue weighted by atomic mass is 16.2. The second-order valence-corrected chi connectivity index (χ2v) is 6.32. The molecule has 2 rings (SSSR count). The lowest BCUT2D eigenvalue weighted by Gasteiger charge is -2.24. The molecule has 0 spiro atoms. The number of carbonyl (C=O) groups excluding carboxylic acids is 1. The van der Waals surface area contributed by atoms with Gasteiger partial charge < -0.3 is 5.32 Å². The maximum absolute atomic E-state index is 12.6. The smallest absolute Gasteiger partial charge is 0.230 e. The highest BCUT2D eigenvalue weighted by Crippen LogP contribution is 2.25. The zero-order chi connectivity index (χ0) is 15.5. The fraction of sp³-hybridized carbons (Fsp3) is 0.316. The van der Waals surface area contributed by atoms with Gasteiger partial charge in [-0.2, -0.15) is 0 Å². The van der Waals surface area contributed by atoms with E-state index in [1.165, 1.54) is 5.56 Å². The van der Waals surface area contributed by atoms with E-state index in [9.17, 15) is 4.79 Å². The van der Waals surface area contributed by atoms with Gasteiger partial charge in [0.25, 0.3) is 0 Å². The van der Waals surface area contributed by atoms with Crippen molar-refractivity contribution >= 4 is 11.6 Å². The van der Waals surface area contributed by atoms with Gasteiger partial charge in [0.1, 0.15) is 0 Å². The number of nitrogens with one attached hydrogen (secondary N) is 1. The van der Waals surface area contributed by atoms with Gasteiger partial charge in [-0.15, -0.1) is 0 Å². The summed E-state index contributed by atoms with van der Waals surface area (Å²) < 4.78 is 0. The van der Waals surface area contributed by atoms with Crippen molar-refractivity contribution in [2.75, 3.05) is 5.32 Å². The first-order valence-corrected chi connectivity index (χ1v) is 7.31. The molecule has 2 nitrogen and oxygen atoms in total. The number of hydrogen-bond donors (Lipinski definition) is 1. The van der Waals surface area contributed by atoms with Crippen LogP contribution in [0.2, 0.25) is 0 Å². The Balaban J connectivity index is 2.13. The van der Waals surface area contributed by atoms with E-state index >= 15 is 0 Å². The number of amides is 1. The lowest BCUT2D eigenvalue weighted by atomic mass is 9.84. The molecule has 2 aromatic rings. The van der Waals surface area contributed by atoms with Crippen LogP contribution in [-0.4, -0.2) is 5.91 Å². The Hall–Kier alpha value is -2.09. The van der Waals surface area contributed by atoms with Crippen molar-refractivity contribution in [1.29, 1.82) is 0 Å². The maximum Gasteiger partial charge on any atom is 0.230 e. The van der Waals surface area contributed by atoms with Gasteiger partial charge >= 0.3 is 0 Å². The second kappa shape index (κ2) is 6.13. The van der Waals surface area contributed by atoms with E-state index in [2.05, 4.69) is 23.5 Å². The van der Waals surface area contributed by atoms with E-state index in [-0.39, 0.29) is 5.91 Å². The first kappa shape index (κ1) is 15.3. The molecular weight excluding hydrogens is 258 g/mol. The predicted molar refractivity (Wildman–Crippen MR) is 88.5 cm³/mol. The summed E-state index contributed by atoms with van der Waals surface area (Å²) in [6.45, 7) is 8.02. The second-order valence-electron chi connectivity index (χ2n) is 6.32. The standard InChI is InChI=1S/C19H23NO/c1-14-10-11-15(2)17(12-14)20-18(21)19(3,4)13-16-8-6-5-7-9-16/h5-12H,13H2,1-4H3,(H,20,21). The third-order valence-electron chi connectivity index (χ3n) is 3.74. The molecule has 0 saturated heterocycles. The van der Waals surface area contributed by atoms with Gasteiger partial charge in [0.15, 0.2) is 0 Å². The normalized spacial score (nSPS) is 11.2. The first-order valence-electron chi connectivity index (χ1n) is 7.31. The highest BCUT2D eigenvalue weighted by molar-refractivity contribution is 5.95.